The van der Waals surface area contributed by atoms with Gasteiger partial charge < -0.3 is 14.6 Å². The van der Waals surface area contributed by atoms with Crippen molar-refractivity contribution in [1.82, 2.24) is 15.0 Å². The zero-order chi connectivity index (χ0) is 17.4. The van der Waals surface area contributed by atoms with E-state index in [2.05, 4.69) is 19.9 Å². The monoisotopic (exact) mass is 348 g/mol. The van der Waals surface area contributed by atoms with Gasteiger partial charge in [-0.05, 0) is 18.2 Å². The summed E-state index contributed by atoms with van der Waals surface area (Å²) in [7, 11) is 0. The number of aromatic nitrogens is 3. The Labute approximate surface area is 141 Å². The van der Waals surface area contributed by atoms with Crippen LogP contribution in [0, 0.1) is 0 Å². The second-order valence-electron chi connectivity index (χ2n) is 5.93. The quantitative estimate of drug-likeness (QED) is 0.785. The number of hydrogen-bond acceptors (Lipinski definition) is 4. The van der Waals surface area contributed by atoms with E-state index < -0.39 is 11.7 Å². The van der Waals surface area contributed by atoms with Crippen LogP contribution >= 0.6 is 0 Å². The molecule has 0 spiro atoms. The minimum atomic E-state index is -4.39. The molecule has 8 heteroatoms. The lowest BCUT2D eigenvalue weighted by atomic mass is 10.3. The molecule has 1 N–H and O–H groups in total. The lowest BCUT2D eigenvalue weighted by molar-refractivity contribution is -0.137. The third kappa shape index (κ3) is 3.24. The van der Waals surface area contributed by atoms with Crippen molar-refractivity contribution < 1.29 is 17.9 Å². The van der Waals surface area contributed by atoms with Crippen LogP contribution in [0.2, 0.25) is 0 Å². The first-order chi connectivity index (χ1) is 12.0. The molecule has 1 aliphatic heterocycles. The van der Waals surface area contributed by atoms with Crippen molar-refractivity contribution in [2.24, 2.45) is 0 Å². The van der Waals surface area contributed by atoms with Gasteiger partial charge in [-0.1, -0.05) is 12.1 Å². The first kappa shape index (κ1) is 15.7. The number of H-pyrrole nitrogens is 1. The van der Waals surface area contributed by atoms with Crippen molar-refractivity contribution in [3.05, 3.63) is 48.2 Å². The Hall–Kier alpha value is -2.77. The molecule has 3 heterocycles. The van der Waals surface area contributed by atoms with Gasteiger partial charge in [-0.15, -0.1) is 0 Å². The van der Waals surface area contributed by atoms with Gasteiger partial charge in [0.25, 0.3) is 0 Å². The normalized spacial score (nSPS) is 18.0. The summed E-state index contributed by atoms with van der Waals surface area (Å²) in [4.78, 5) is 13.6. The molecule has 0 aliphatic carbocycles. The van der Waals surface area contributed by atoms with Crippen molar-refractivity contribution >= 4 is 17.0 Å². The van der Waals surface area contributed by atoms with Crippen molar-refractivity contribution in [3.8, 4) is 5.88 Å². The molecule has 1 fully saturated rings. The molecular formula is C17H15F3N4O. The molecule has 0 saturated carbocycles. The average molecular weight is 348 g/mol. The van der Waals surface area contributed by atoms with Crippen LogP contribution in [0.3, 0.4) is 0 Å². The second kappa shape index (κ2) is 5.94. The molecule has 1 aromatic carbocycles. The molecule has 0 bridgehead atoms. The molecule has 2 aromatic heterocycles. The van der Waals surface area contributed by atoms with E-state index in [9.17, 15) is 13.2 Å². The molecule has 1 aliphatic rings. The maximum absolute atomic E-state index is 12.6. The number of rotatable bonds is 3. The van der Waals surface area contributed by atoms with Crippen molar-refractivity contribution in [2.45, 2.75) is 18.7 Å². The number of nitrogens with one attached hydrogen (secondary N) is 1. The summed E-state index contributed by atoms with van der Waals surface area (Å²) in [5.74, 6) is 0.970. The van der Waals surface area contributed by atoms with Crippen LogP contribution in [-0.2, 0) is 6.18 Å². The van der Waals surface area contributed by atoms with E-state index >= 15 is 0 Å². The third-order valence-electron chi connectivity index (χ3n) is 4.17. The number of imidazole rings is 1. The molecule has 1 unspecified atom stereocenters. The summed E-state index contributed by atoms with van der Waals surface area (Å²) in [6.07, 6.45) is -2.99. The number of para-hydroxylation sites is 2. The highest BCUT2D eigenvalue weighted by atomic mass is 19.4. The first-order valence-corrected chi connectivity index (χ1v) is 7.89. The van der Waals surface area contributed by atoms with Gasteiger partial charge in [-0.3, -0.25) is 0 Å². The van der Waals surface area contributed by atoms with E-state index in [-0.39, 0.29) is 12.0 Å². The van der Waals surface area contributed by atoms with Crippen LogP contribution in [0.25, 0.3) is 11.0 Å². The van der Waals surface area contributed by atoms with Crippen LogP contribution in [0.4, 0.5) is 19.1 Å². The lowest BCUT2D eigenvalue weighted by Gasteiger charge is -2.16. The van der Waals surface area contributed by atoms with Crippen LogP contribution in [-0.4, -0.2) is 34.1 Å². The van der Waals surface area contributed by atoms with E-state index in [1.165, 1.54) is 6.07 Å². The van der Waals surface area contributed by atoms with Gasteiger partial charge in [-0.2, -0.15) is 13.2 Å². The maximum Gasteiger partial charge on any atom is 0.417 e. The van der Waals surface area contributed by atoms with E-state index in [1.807, 2.05) is 24.3 Å². The van der Waals surface area contributed by atoms with Crippen LogP contribution in [0.15, 0.2) is 42.6 Å². The first-order valence-electron chi connectivity index (χ1n) is 7.89. The Kier molecular flexibility index (Phi) is 3.74. The fraction of sp³-hybridized carbons (Fsp3) is 0.294. The van der Waals surface area contributed by atoms with Gasteiger partial charge in [-0.25, -0.2) is 9.97 Å². The summed E-state index contributed by atoms with van der Waals surface area (Å²) in [6.45, 7) is 1.35. The molecule has 130 valence electrons. The number of pyridine rings is 1. The molecule has 1 saturated heterocycles. The summed E-state index contributed by atoms with van der Waals surface area (Å²) < 4.78 is 43.4. The number of anilines is 1. The largest absolute Gasteiger partial charge is 0.472 e. The SMILES string of the molecule is FC(F)(F)c1ccc(OC2CCN(c3nc4ccccc4[nH]3)C2)nc1. The number of nitrogens with zero attached hydrogens (tertiary/aromatic N) is 3. The Morgan fingerprint density at radius 1 is 1.16 bits per heavy atom. The fourth-order valence-electron chi connectivity index (χ4n) is 2.89. The number of fused-ring (bicyclic) bond motifs is 1. The second-order valence-corrected chi connectivity index (χ2v) is 5.93. The number of aromatic amines is 1. The summed E-state index contributed by atoms with van der Waals surface area (Å²) in [5.41, 5.74) is 1.08. The smallest absolute Gasteiger partial charge is 0.417 e. The topological polar surface area (TPSA) is 54.0 Å². The summed E-state index contributed by atoms with van der Waals surface area (Å²) in [6, 6.07) is 10.0. The van der Waals surface area contributed by atoms with Crippen molar-refractivity contribution in [2.75, 3.05) is 18.0 Å². The average Bonchev–Trinajstić information content (AvgIpc) is 3.20. The fourth-order valence-corrected chi connectivity index (χ4v) is 2.89. The molecule has 3 aromatic rings. The molecule has 25 heavy (non-hydrogen) atoms. The van der Waals surface area contributed by atoms with E-state index in [1.54, 1.807) is 0 Å². The van der Waals surface area contributed by atoms with E-state index in [4.69, 9.17) is 4.74 Å². The van der Waals surface area contributed by atoms with Crippen LogP contribution < -0.4 is 9.64 Å². The number of ether oxygens (including phenoxy) is 1. The van der Waals surface area contributed by atoms with Gasteiger partial charge in [0, 0.05) is 25.2 Å². The van der Waals surface area contributed by atoms with E-state index in [0.717, 1.165) is 42.2 Å². The number of alkyl halides is 3. The number of halogens is 3. The standard InChI is InChI=1S/C17H15F3N4O/c18-17(19,20)11-5-6-15(21-9-11)25-12-7-8-24(10-12)16-22-13-3-1-2-4-14(13)23-16/h1-6,9,12H,7-8,10H2,(H,22,23). The lowest BCUT2D eigenvalue weighted by Crippen LogP contribution is -2.25. The minimum Gasteiger partial charge on any atom is -0.472 e. The molecule has 4 rings (SSSR count). The Morgan fingerprint density at radius 2 is 2.00 bits per heavy atom. The molecular weight excluding hydrogens is 333 g/mol. The molecule has 1 atom stereocenters. The molecule has 0 amide bonds. The van der Waals surface area contributed by atoms with Gasteiger partial charge in [0.2, 0.25) is 11.8 Å². The zero-order valence-corrected chi connectivity index (χ0v) is 13.1. The van der Waals surface area contributed by atoms with E-state index in [0.29, 0.717) is 6.54 Å². The Bertz CT molecular complexity index is 842. The number of hydrogen-bond donors (Lipinski definition) is 1. The predicted octanol–water partition coefficient (Wildman–Crippen LogP) is 3.63. The molecule has 5 nitrogen and oxygen atoms in total. The Morgan fingerprint density at radius 3 is 2.72 bits per heavy atom. The Balaban J connectivity index is 1.42. The zero-order valence-electron chi connectivity index (χ0n) is 13.1. The van der Waals surface area contributed by atoms with Crippen molar-refractivity contribution in [1.29, 1.82) is 0 Å². The predicted molar refractivity (Wildman–Crippen MR) is 86.6 cm³/mol. The number of benzene rings is 1. The van der Waals surface area contributed by atoms with Gasteiger partial charge in [0.05, 0.1) is 23.1 Å². The van der Waals surface area contributed by atoms with Crippen molar-refractivity contribution in [3.63, 3.8) is 0 Å². The summed E-state index contributed by atoms with van der Waals surface area (Å²) in [5, 5.41) is 0. The minimum absolute atomic E-state index is 0.141. The van der Waals surface area contributed by atoms with Crippen LogP contribution in [0.5, 0.6) is 5.88 Å². The van der Waals surface area contributed by atoms with Gasteiger partial charge >= 0.3 is 6.18 Å². The summed E-state index contributed by atoms with van der Waals surface area (Å²) >= 11 is 0. The highest BCUT2D eigenvalue weighted by molar-refractivity contribution is 5.77. The van der Waals surface area contributed by atoms with Gasteiger partial charge in [0.15, 0.2) is 0 Å². The maximum atomic E-state index is 12.6. The van der Waals surface area contributed by atoms with Gasteiger partial charge in [0.1, 0.15) is 6.10 Å². The third-order valence-corrected chi connectivity index (χ3v) is 4.17. The molecule has 0 radical (unpaired) electrons. The highest BCUT2D eigenvalue weighted by Crippen LogP contribution is 2.30. The highest BCUT2D eigenvalue weighted by Gasteiger charge is 2.31. The van der Waals surface area contributed by atoms with Crippen LogP contribution in [0.1, 0.15) is 12.0 Å².